The van der Waals surface area contributed by atoms with Gasteiger partial charge >= 0.3 is 0 Å². The van der Waals surface area contributed by atoms with Gasteiger partial charge in [-0.3, -0.25) is 0 Å². The second kappa shape index (κ2) is 7.46. The lowest BCUT2D eigenvalue weighted by molar-refractivity contribution is 0.224. The molecule has 2 rings (SSSR count). The van der Waals surface area contributed by atoms with E-state index in [1.54, 1.807) is 7.11 Å². The SMILES string of the molecule is COc1cccc(CC(CO)Cc2ccccc2Br)c1. The molecule has 0 amide bonds. The van der Waals surface area contributed by atoms with Gasteiger partial charge < -0.3 is 9.84 Å². The Morgan fingerprint density at radius 2 is 1.90 bits per heavy atom. The van der Waals surface area contributed by atoms with Gasteiger partial charge in [-0.05, 0) is 48.1 Å². The summed E-state index contributed by atoms with van der Waals surface area (Å²) in [6.07, 6.45) is 1.70. The fourth-order valence-electron chi connectivity index (χ4n) is 2.31. The molecule has 0 saturated carbocycles. The molecule has 20 heavy (non-hydrogen) atoms. The molecule has 2 nitrogen and oxygen atoms in total. The Labute approximate surface area is 128 Å². The predicted molar refractivity (Wildman–Crippen MR) is 85.1 cm³/mol. The minimum absolute atomic E-state index is 0.179. The lowest BCUT2D eigenvalue weighted by atomic mass is 9.93. The predicted octanol–water partition coefficient (Wildman–Crippen LogP) is 3.85. The quantitative estimate of drug-likeness (QED) is 0.869. The van der Waals surface area contributed by atoms with Gasteiger partial charge in [0.1, 0.15) is 5.75 Å². The van der Waals surface area contributed by atoms with E-state index >= 15 is 0 Å². The number of rotatable bonds is 6. The monoisotopic (exact) mass is 334 g/mol. The van der Waals surface area contributed by atoms with Crippen molar-refractivity contribution in [2.24, 2.45) is 5.92 Å². The maximum Gasteiger partial charge on any atom is 0.119 e. The molecule has 0 spiro atoms. The molecule has 0 aliphatic heterocycles. The topological polar surface area (TPSA) is 29.5 Å². The van der Waals surface area contributed by atoms with Gasteiger partial charge in [-0.2, -0.15) is 0 Å². The summed E-state index contributed by atoms with van der Waals surface area (Å²) in [5.74, 6) is 1.07. The van der Waals surface area contributed by atoms with E-state index < -0.39 is 0 Å². The number of aliphatic hydroxyl groups excluding tert-OH is 1. The van der Waals surface area contributed by atoms with Crippen LogP contribution in [0.4, 0.5) is 0 Å². The molecule has 0 saturated heterocycles. The summed E-state index contributed by atoms with van der Waals surface area (Å²) >= 11 is 3.56. The van der Waals surface area contributed by atoms with Gasteiger partial charge in [-0.25, -0.2) is 0 Å². The molecule has 3 heteroatoms. The zero-order valence-corrected chi connectivity index (χ0v) is 13.1. The third-order valence-electron chi connectivity index (χ3n) is 3.38. The first-order valence-corrected chi connectivity index (χ1v) is 7.49. The second-order valence-corrected chi connectivity index (χ2v) is 5.75. The number of methoxy groups -OCH3 is 1. The normalized spacial score (nSPS) is 12.2. The van der Waals surface area contributed by atoms with E-state index in [9.17, 15) is 5.11 Å². The number of ether oxygens (including phenoxy) is 1. The lowest BCUT2D eigenvalue weighted by Gasteiger charge is -2.15. The van der Waals surface area contributed by atoms with Crippen molar-refractivity contribution in [3.8, 4) is 5.75 Å². The highest BCUT2D eigenvalue weighted by atomic mass is 79.9. The summed E-state index contributed by atoms with van der Waals surface area (Å²) in [4.78, 5) is 0. The summed E-state index contributed by atoms with van der Waals surface area (Å²) in [5, 5.41) is 9.62. The van der Waals surface area contributed by atoms with E-state index in [4.69, 9.17) is 4.74 Å². The molecule has 0 bridgehead atoms. The van der Waals surface area contributed by atoms with Crippen LogP contribution >= 0.6 is 15.9 Å². The summed E-state index contributed by atoms with van der Waals surface area (Å²) in [6.45, 7) is 0.179. The first-order valence-electron chi connectivity index (χ1n) is 6.70. The van der Waals surface area contributed by atoms with Crippen LogP contribution in [0.1, 0.15) is 11.1 Å². The summed E-state index contributed by atoms with van der Waals surface area (Å²) in [5.41, 5.74) is 2.42. The van der Waals surface area contributed by atoms with Crippen molar-refractivity contribution in [1.29, 1.82) is 0 Å². The Morgan fingerprint density at radius 3 is 2.60 bits per heavy atom. The van der Waals surface area contributed by atoms with Crippen LogP contribution in [0.2, 0.25) is 0 Å². The molecule has 1 unspecified atom stereocenters. The Balaban J connectivity index is 2.07. The Morgan fingerprint density at radius 1 is 1.10 bits per heavy atom. The molecule has 1 atom stereocenters. The minimum Gasteiger partial charge on any atom is -0.497 e. The van der Waals surface area contributed by atoms with Crippen LogP contribution in [0, 0.1) is 5.92 Å². The van der Waals surface area contributed by atoms with Crippen LogP contribution in [-0.2, 0) is 12.8 Å². The maximum absolute atomic E-state index is 9.62. The molecule has 0 radical (unpaired) electrons. The maximum atomic E-state index is 9.62. The van der Waals surface area contributed by atoms with E-state index in [0.717, 1.165) is 23.1 Å². The standard InChI is InChI=1S/C17H19BrO2/c1-20-16-7-4-5-13(11-16)9-14(12-19)10-15-6-2-3-8-17(15)18/h2-8,11,14,19H,9-10,12H2,1H3. The Bertz CT molecular complexity index is 554. The first-order chi connectivity index (χ1) is 9.72. The molecule has 0 heterocycles. The highest BCUT2D eigenvalue weighted by Crippen LogP contribution is 2.22. The third-order valence-corrected chi connectivity index (χ3v) is 4.16. The number of halogens is 1. The average Bonchev–Trinajstić information content (AvgIpc) is 2.49. The number of aliphatic hydroxyl groups is 1. The van der Waals surface area contributed by atoms with Crippen molar-refractivity contribution in [3.05, 3.63) is 64.1 Å². The molecule has 2 aromatic carbocycles. The van der Waals surface area contributed by atoms with Crippen molar-refractivity contribution >= 4 is 15.9 Å². The fraction of sp³-hybridized carbons (Fsp3) is 0.294. The minimum atomic E-state index is 0.179. The number of hydrogen-bond acceptors (Lipinski definition) is 2. The highest BCUT2D eigenvalue weighted by Gasteiger charge is 2.12. The van der Waals surface area contributed by atoms with Crippen molar-refractivity contribution < 1.29 is 9.84 Å². The zero-order valence-electron chi connectivity index (χ0n) is 11.6. The highest BCUT2D eigenvalue weighted by molar-refractivity contribution is 9.10. The van der Waals surface area contributed by atoms with Gasteiger partial charge in [0.05, 0.1) is 7.11 Å². The molecule has 0 aliphatic carbocycles. The van der Waals surface area contributed by atoms with Crippen LogP contribution < -0.4 is 4.74 Å². The Hall–Kier alpha value is -1.32. The first kappa shape index (κ1) is 15.1. The fourth-order valence-corrected chi connectivity index (χ4v) is 2.76. The third kappa shape index (κ3) is 4.09. The van der Waals surface area contributed by atoms with Crippen molar-refractivity contribution in [1.82, 2.24) is 0 Å². The lowest BCUT2D eigenvalue weighted by Crippen LogP contribution is -2.13. The van der Waals surface area contributed by atoms with Gasteiger partial charge in [0.25, 0.3) is 0 Å². The van der Waals surface area contributed by atoms with Gasteiger partial charge in [0.2, 0.25) is 0 Å². The van der Waals surface area contributed by atoms with Crippen LogP contribution in [0.5, 0.6) is 5.75 Å². The van der Waals surface area contributed by atoms with Crippen molar-refractivity contribution in [2.75, 3.05) is 13.7 Å². The second-order valence-electron chi connectivity index (χ2n) is 4.90. The van der Waals surface area contributed by atoms with Gasteiger partial charge in [-0.1, -0.05) is 46.3 Å². The molecule has 106 valence electrons. The van der Waals surface area contributed by atoms with E-state index in [1.165, 1.54) is 11.1 Å². The molecule has 2 aromatic rings. The zero-order chi connectivity index (χ0) is 14.4. The van der Waals surface area contributed by atoms with Gasteiger partial charge in [0.15, 0.2) is 0 Å². The van der Waals surface area contributed by atoms with E-state index in [1.807, 2.05) is 36.4 Å². The smallest absolute Gasteiger partial charge is 0.119 e. The molecular weight excluding hydrogens is 316 g/mol. The van der Waals surface area contributed by atoms with Crippen molar-refractivity contribution in [3.63, 3.8) is 0 Å². The van der Waals surface area contributed by atoms with E-state index in [-0.39, 0.29) is 12.5 Å². The molecule has 0 aliphatic rings. The summed E-state index contributed by atoms with van der Waals surface area (Å²) in [7, 11) is 1.67. The van der Waals surface area contributed by atoms with Crippen LogP contribution in [-0.4, -0.2) is 18.8 Å². The molecular formula is C17H19BrO2. The van der Waals surface area contributed by atoms with Gasteiger partial charge in [0, 0.05) is 11.1 Å². The van der Waals surface area contributed by atoms with E-state index in [0.29, 0.717) is 0 Å². The average molecular weight is 335 g/mol. The Kier molecular flexibility index (Phi) is 5.62. The summed E-state index contributed by atoms with van der Waals surface area (Å²) < 4.78 is 6.34. The molecule has 0 fully saturated rings. The van der Waals surface area contributed by atoms with Crippen LogP contribution in [0.25, 0.3) is 0 Å². The molecule has 0 aromatic heterocycles. The largest absolute Gasteiger partial charge is 0.497 e. The summed E-state index contributed by atoms with van der Waals surface area (Å²) in [6, 6.07) is 16.2. The van der Waals surface area contributed by atoms with E-state index in [2.05, 4.69) is 28.1 Å². The number of hydrogen-bond donors (Lipinski definition) is 1. The van der Waals surface area contributed by atoms with Crippen molar-refractivity contribution in [2.45, 2.75) is 12.8 Å². The van der Waals surface area contributed by atoms with Gasteiger partial charge in [-0.15, -0.1) is 0 Å². The number of benzene rings is 2. The van der Waals surface area contributed by atoms with Crippen LogP contribution in [0.15, 0.2) is 53.0 Å². The molecule has 1 N–H and O–H groups in total. The van der Waals surface area contributed by atoms with Crippen LogP contribution in [0.3, 0.4) is 0 Å².